The number of carboxylic acids is 2. The summed E-state index contributed by atoms with van der Waals surface area (Å²) in [6.45, 7) is 0.413. The number of benzene rings is 1. The maximum atomic E-state index is 13.9. The summed E-state index contributed by atoms with van der Waals surface area (Å²) in [6.07, 6.45) is 9.39. The second-order valence-electron chi connectivity index (χ2n) is 12.9. The van der Waals surface area contributed by atoms with Gasteiger partial charge in [-0.25, -0.2) is 0 Å². The second-order valence-corrected chi connectivity index (χ2v) is 12.9. The molecule has 3 fully saturated rings. The largest absolute Gasteiger partial charge is 0.504 e. The molecule has 2 saturated heterocycles. The molecular weight excluding hydrogens is 608 g/mol. The number of imide groups is 2. The molecule has 12 heteroatoms. The third-order valence-electron chi connectivity index (χ3n) is 10.1. The summed E-state index contributed by atoms with van der Waals surface area (Å²) < 4.78 is 5.24. The molecule has 2 aliphatic carbocycles. The standard InChI is InChI=1S/C35H42N2O10/c1-47-27-18-20(11-15-26(27)38)10-12-22-21-13-14-23-31(35(46)36(32(23)43)16-6-2-4-8-28(39)40)24(21)19-25-30(22)34(45)37(33(25)44)17-7-3-5-9-29(41)42/h10-13,15,18,22-25,30-31,38H,2-9,14,16-17,19H2,1H3,(H,39,40)(H,41,42)/t22-,23-,24+,25+,30-,31-/m0/s1. The molecule has 0 bridgehead atoms. The predicted octanol–water partition coefficient (Wildman–Crippen LogP) is 3.87. The number of amides is 4. The molecule has 0 aromatic heterocycles. The molecule has 0 unspecified atom stereocenters. The van der Waals surface area contributed by atoms with Gasteiger partial charge in [0.05, 0.1) is 30.8 Å². The van der Waals surface area contributed by atoms with Crippen LogP contribution in [0, 0.1) is 35.5 Å². The molecule has 2 aliphatic heterocycles. The second kappa shape index (κ2) is 14.5. The number of methoxy groups -OCH3 is 1. The SMILES string of the molecule is COc1cc(C=C[C@H]2C3=CC[C@@H]4C(=O)N(CCCCCC(=O)O)C(=O)[C@@H]4[C@@H]3C[C@H]3C(=O)N(CCCCCC(=O)O)C(=O)[C@@H]23)ccc1O. The van der Waals surface area contributed by atoms with Crippen LogP contribution in [0.1, 0.15) is 69.8 Å². The van der Waals surface area contributed by atoms with E-state index < -0.39 is 47.4 Å². The van der Waals surface area contributed by atoms with Crippen molar-refractivity contribution in [3.8, 4) is 11.5 Å². The van der Waals surface area contributed by atoms with Crippen molar-refractivity contribution in [2.45, 2.75) is 64.2 Å². The van der Waals surface area contributed by atoms with Crippen LogP contribution in [0.15, 0.2) is 35.9 Å². The lowest BCUT2D eigenvalue weighted by Crippen LogP contribution is -2.43. The molecule has 47 heavy (non-hydrogen) atoms. The molecule has 1 aromatic rings. The fraction of sp³-hybridized carbons (Fsp3) is 0.543. The summed E-state index contributed by atoms with van der Waals surface area (Å²) in [5.41, 5.74) is 1.59. The van der Waals surface area contributed by atoms with E-state index in [9.17, 15) is 33.9 Å². The van der Waals surface area contributed by atoms with E-state index in [-0.39, 0.29) is 67.5 Å². The lowest BCUT2D eigenvalue weighted by Gasteiger charge is -2.42. The molecule has 3 N–H and O–H groups in total. The number of aliphatic carboxylic acids is 2. The van der Waals surface area contributed by atoms with Crippen molar-refractivity contribution in [3.05, 3.63) is 41.5 Å². The van der Waals surface area contributed by atoms with Crippen molar-refractivity contribution >= 4 is 41.6 Å². The predicted molar refractivity (Wildman–Crippen MR) is 168 cm³/mol. The zero-order chi connectivity index (χ0) is 33.8. The molecule has 1 aromatic carbocycles. The number of hydrogen-bond donors (Lipinski definition) is 3. The normalized spacial score (nSPS) is 26.8. The first-order valence-corrected chi connectivity index (χ1v) is 16.4. The molecule has 252 valence electrons. The van der Waals surface area contributed by atoms with Crippen LogP contribution in [0.3, 0.4) is 0 Å². The van der Waals surface area contributed by atoms with Crippen LogP contribution in [0.25, 0.3) is 6.08 Å². The molecule has 12 nitrogen and oxygen atoms in total. The number of nitrogens with zero attached hydrogens (tertiary/aromatic N) is 2. The molecule has 5 rings (SSSR count). The number of allylic oxidation sites excluding steroid dienone is 3. The summed E-state index contributed by atoms with van der Waals surface area (Å²) >= 11 is 0. The number of likely N-dealkylation sites (tertiary alicyclic amines) is 2. The van der Waals surface area contributed by atoms with Crippen molar-refractivity contribution in [2.24, 2.45) is 35.5 Å². The van der Waals surface area contributed by atoms with E-state index in [1.54, 1.807) is 12.1 Å². The fourth-order valence-electron chi connectivity index (χ4n) is 7.88. The number of carbonyl (C=O) groups excluding carboxylic acids is 4. The Morgan fingerprint density at radius 3 is 2.00 bits per heavy atom. The van der Waals surface area contributed by atoms with Crippen LogP contribution in [0.2, 0.25) is 0 Å². The average molecular weight is 651 g/mol. The van der Waals surface area contributed by atoms with Gasteiger partial charge in [-0.2, -0.15) is 0 Å². The molecule has 6 atom stereocenters. The number of hydrogen-bond acceptors (Lipinski definition) is 8. The third-order valence-corrected chi connectivity index (χ3v) is 10.1. The van der Waals surface area contributed by atoms with Gasteiger partial charge in [-0.1, -0.05) is 42.7 Å². The average Bonchev–Trinajstić information content (AvgIpc) is 3.42. The van der Waals surface area contributed by atoms with Gasteiger partial charge in [0.25, 0.3) is 0 Å². The van der Waals surface area contributed by atoms with E-state index in [0.717, 1.165) is 5.57 Å². The van der Waals surface area contributed by atoms with Crippen LogP contribution in [0.5, 0.6) is 11.5 Å². The molecule has 4 amide bonds. The Labute approximate surface area is 273 Å². The van der Waals surface area contributed by atoms with Crippen LogP contribution in [-0.4, -0.2) is 80.9 Å². The Hall–Kier alpha value is -4.48. The highest BCUT2D eigenvalue weighted by atomic mass is 16.5. The van der Waals surface area contributed by atoms with Gasteiger partial charge in [0, 0.05) is 31.8 Å². The van der Waals surface area contributed by atoms with Gasteiger partial charge in [-0.05, 0) is 62.1 Å². The maximum Gasteiger partial charge on any atom is 0.303 e. The Balaban J connectivity index is 1.40. The van der Waals surface area contributed by atoms with Gasteiger partial charge >= 0.3 is 11.9 Å². The van der Waals surface area contributed by atoms with Gasteiger partial charge in [0.2, 0.25) is 23.6 Å². The minimum Gasteiger partial charge on any atom is -0.504 e. The lowest BCUT2D eigenvalue weighted by molar-refractivity contribution is -0.142. The Bertz CT molecular complexity index is 1500. The van der Waals surface area contributed by atoms with Crippen LogP contribution >= 0.6 is 0 Å². The quantitative estimate of drug-likeness (QED) is 0.143. The van der Waals surface area contributed by atoms with Crippen molar-refractivity contribution in [1.29, 1.82) is 0 Å². The minimum atomic E-state index is -0.893. The Morgan fingerprint density at radius 1 is 0.809 bits per heavy atom. The van der Waals surface area contributed by atoms with E-state index >= 15 is 0 Å². The highest BCUT2D eigenvalue weighted by Crippen LogP contribution is 2.55. The zero-order valence-electron chi connectivity index (χ0n) is 26.5. The molecule has 4 aliphatic rings. The molecule has 0 spiro atoms. The number of carboxylic acid groups (broad SMARTS) is 2. The van der Waals surface area contributed by atoms with Gasteiger partial charge in [0.15, 0.2) is 11.5 Å². The van der Waals surface area contributed by atoms with E-state index in [1.165, 1.54) is 23.0 Å². The number of ether oxygens (including phenoxy) is 1. The van der Waals surface area contributed by atoms with Gasteiger partial charge in [-0.3, -0.25) is 38.6 Å². The summed E-state index contributed by atoms with van der Waals surface area (Å²) in [5, 5.41) is 27.9. The molecule has 2 heterocycles. The molecule has 1 saturated carbocycles. The summed E-state index contributed by atoms with van der Waals surface area (Å²) in [6, 6.07) is 4.87. The Morgan fingerprint density at radius 2 is 1.40 bits per heavy atom. The third kappa shape index (κ3) is 6.96. The topological polar surface area (TPSA) is 179 Å². The number of unbranched alkanes of at least 4 members (excludes halogenated alkanes) is 4. The fourth-order valence-corrected chi connectivity index (χ4v) is 7.88. The van der Waals surface area contributed by atoms with E-state index in [0.29, 0.717) is 50.5 Å². The van der Waals surface area contributed by atoms with Crippen LogP contribution < -0.4 is 4.74 Å². The van der Waals surface area contributed by atoms with Gasteiger partial charge in [0.1, 0.15) is 0 Å². The smallest absolute Gasteiger partial charge is 0.303 e. The van der Waals surface area contributed by atoms with E-state index in [4.69, 9.17) is 14.9 Å². The Kier molecular flexibility index (Phi) is 10.5. The summed E-state index contributed by atoms with van der Waals surface area (Å²) in [4.78, 5) is 79.4. The molecular formula is C35H42N2O10. The first-order chi connectivity index (χ1) is 22.5. The van der Waals surface area contributed by atoms with Crippen LogP contribution in [-0.2, 0) is 28.8 Å². The van der Waals surface area contributed by atoms with E-state index in [1.807, 2.05) is 18.2 Å². The first-order valence-electron chi connectivity index (χ1n) is 16.4. The van der Waals surface area contributed by atoms with Gasteiger partial charge < -0.3 is 20.1 Å². The van der Waals surface area contributed by atoms with E-state index in [2.05, 4.69) is 0 Å². The number of phenolic OH excluding ortho intramolecular Hbond substituents is 1. The summed E-state index contributed by atoms with van der Waals surface area (Å²) in [5.74, 6) is -6.03. The lowest BCUT2D eigenvalue weighted by atomic mass is 9.58. The van der Waals surface area contributed by atoms with Crippen molar-refractivity contribution in [1.82, 2.24) is 9.80 Å². The van der Waals surface area contributed by atoms with Crippen LogP contribution in [0.4, 0.5) is 0 Å². The van der Waals surface area contributed by atoms with Gasteiger partial charge in [-0.15, -0.1) is 0 Å². The molecule has 0 radical (unpaired) electrons. The van der Waals surface area contributed by atoms with Crippen molar-refractivity contribution in [3.63, 3.8) is 0 Å². The number of phenols is 1. The number of fused-ring (bicyclic) bond motifs is 4. The highest BCUT2D eigenvalue weighted by molar-refractivity contribution is 6.07. The number of carbonyl (C=O) groups is 6. The number of aromatic hydroxyl groups is 1. The number of rotatable bonds is 15. The first kappa shape index (κ1) is 33.9. The van der Waals surface area contributed by atoms with Crippen molar-refractivity contribution in [2.75, 3.05) is 20.2 Å². The summed E-state index contributed by atoms with van der Waals surface area (Å²) in [7, 11) is 1.44. The maximum absolute atomic E-state index is 13.9. The minimum absolute atomic E-state index is 0.0186. The zero-order valence-corrected chi connectivity index (χ0v) is 26.5. The monoisotopic (exact) mass is 650 g/mol. The highest BCUT2D eigenvalue weighted by Gasteiger charge is 2.61. The van der Waals surface area contributed by atoms with Crippen molar-refractivity contribution < 1.29 is 48.8 Å².